The Morgan fingerprint density at radius 3 is 2.15 bits per heavy atom. The lowest BCUT2D eigenvalue weighted by Crippen LogP contribution is -2.13. The number of carbonyl (C=O) groups is 2. The molecule has 0 fully saturated rings. The Morgan fingerprint density at radius 1 is 0.800 bits per heavy atom. The fourth-order valence-corrected chi connectivity index (χ4v) is 3.42. The minimum Gasteiger partial charge on any atom is -0.293 e. The Hall–Kier alpha value is -2.22. The first kappa shape index (κ1) is 11.6. The first-order valence-electron chi connectivity index (χ1n) is 7.05. The molecule has 2 heteroatoms. The molecule has 0 amide bonds. The largest absolute Gasteiger partial charge is 0.293 e. The molecule has 4 rings (SSSR count). The van der Waals surface area contributed by atoms with Crippen molar-refractivity contribution in [1.82, 2.24) is 0 Å². The summed E-state index contributed by atoms with van der Waals surface area (Å²) in [6.07, 6.45) is 3.35. The van der Waals surface area contributed by atoms with Crippen LogP contribution in [-0.4, -0.2) is 11.6 Å². The number of hydrogen-bond donors (Lipinski definition) is 0. The molecule has 2 aliphatic carbocycles. The Bertz CT molecular complexity index is 708. The van der Waals surface area contributed by atoms with E-state index in [0.29, 0.717) is 11.1 Å². The van der Waals surface area contributed by atoms with Crippen molar-refractivity contribution < 1.29 is 9.59 Å². The molecule has 0 spiro atoms. The number of benzene rings is 2. The summed E-state index contributed by atoms with van der Waals surface area (Å²) in [5.41, 5.74) is 4.67. The SMILES string of the molecule is O=C1c2ccccc2C(=O)C1c1ccc2c(c1)CCC2. The number of hydrogen-bond acceptors (Lipinski definition) is 2. The second-order valence-electron chi connectivity index (χ2n) is 5.59. The predicted molar refractivity (Wildman–Crippen MR) is 76.3 cm³/mol. The van der Waals surface area contributed by atoms with Gasteiger partial charge in [0, 0.05) is 11.1 Å². The zero-order valence-electron chi connectivity index (χ0n) is 11.1. The molecule has 0 radical (unpaired) electrons. The van der Waals surface area contributed by atoms with E-state index < -0.39 is 5.92 Å². The average Bonchev–Trinajstić information content (AvgIpc) is 3.03. The fraction of sp³-hybridized carbons (Fsp3) is 0.222. The fourth-order valence-electron chi connectivity index (χ4n) is 3.42. The lowest BCUT2D eigenvalue weighted by molar-refractivity contribution is 0.0890. The van der Waals surface area contributed by atoms with Crippen molar-refractivity contribution in [2.75, 3.05) is 0 Å². The highest BCUT2D eigenvalue weighted by molar-refractivity contribution is 6.29. The average molecular weight is 262 g/mol. The first-order chi connectivity index (χ1) is 9.75. The van der Waals surface area contributed by atoms with Gasteiger partial charge in [0.1, 0.15) is 5.92 Å². The molecular formula is C18H14O2. The molecule has 2 aliphatic rings. The molecule has 2 nitrogen and oxygen atoms in total. The van der Waals surface area contributed by atoms with Crippen molar-refractivity contribution in [3.8, 4) is 0 Å². The van der Waals surface area contributed by atoms with Gasteiger partial charge in [0.2, 0.25) is 0 Å². The zero-order chi connectivity index (χ0) is 13.7. The number of carbonyl (C=O) groups excluding carboxylic acids is 2. The molecular weight excluding hydrogens is 248 g/mol. The van der Waals surface area contributed by atoms with E-state index in [-0.39, 0.29) is 11.6 Å². The van der Waals surface area contributed by atoms with Gasteiger partial charge in [0.15, 0.2) is 11.6 Å². The summed E-state index contributed by atoms with van der Waals surface area (Å²) in [6.45, 7) is 0. The van der Waals surface area contributed by atoms with Crippen LogP contribution in [0.15, 0.2) is 42.5 Å². The molecule has 0 aliphatic heterocycles. The van der Waals surface area contributed by atoms with Crippen molar-refractivity contribution in [3.63, 3.8) is 0 Å². The van der Waals surface area contributed by atoms with Gasteiger partial charge in [0.05, 0.1) is 0 Å². The number of aryl methyl sites for hydroxylation is 2. The van der Waals surface area contributed by atoms with Crippen molar-refractivity contribution in [2.24, 2.45) is 0 Å². The Morgan fingerprint density at radius 2 is 1.45 bits per heavy atom. The first-order valence-corrected chi connectivity index (χ1v) is 7.05. The highest BCUT2D eigenvalue weighted by atomic mass is 16.2. The summed E-state index contributed by atoms with van der Waals surface area (Å²) in [5, 5.41) is 0. The smallest absolute Gasteiger partial charge is 0.178 e. The van der Waals surface area contributed by atoms with Crippen molar-refractivity contribution in [3.05, 3.63) is 70.3 Å². The summed E-state index contributed by atoms with van der Waals surface area (Å²) in [4.78, 5) is 25.0. The van der Waals surface area contributed by atoms with Crippen LogP contribution in [-0.2, 0) is 12.8 Å². The quantitative estimate of drug-likeness (QED) is 0.739. The highest BCUT2D eigenvalue weighted by Gasteiger charge is 2.39. The van der Waals surface area contributed by atoms with Gasteiger partial charge in [-0.05, 0) is 36.0 Å². The van der Waals surface area contributed by atoms with Crippen LogP contribution < -0.4 is 0 Å². The number of ketones is 2. The molecule has 98 valence electrons. The number of rotatable bonds is 1. The minimum atomic E-state index is -0.627. The third-order valence-electron chi connectivity index (χ3n) is 4.44. The molecule has 2 aromatic rings. The van der Waals surface area contributed by atoms with Gasteiger partial charge < -0.3 is 0 Å². The summed E-state index contributed by atoms with van der Waals surface area (Å²) in [7, 11) is 0. The number of fused-ring (bicyclic) bond motifs is 2. The van der Waals surface area contributed by atoms with Gasteiger partial charge in [0.25, 0.3) is 0 Å². The summed E-state index contributed by atoms with van der Waals surface area (Å²) >= 11 is 0. The van der Waals surface area contributed by atoms with E-state index in [1.807, 2.05) is 18.2 Å². The van der Waals surface area contributed by atoms with Crippen LogP contribution in [0.25, 0.3) is 0 Å². The van der Waals surface area contributed by atoms with E-state index in [1.54, 1.807) is 12.1 Å². The van der Waals surface area contributed by atoms with E-state index in [2.05, 4.69) is 12.1 Å². The van der Waals surface area contributed by atoms with E-state index in [9.17, 15) is 9.59 Å². The maximum Gasteiger partial charge on any atom is 0.178 e. The molecule has 0 unspecified atom stereocenters. The Balaban J connectivity index is 1.81. The molecule has 2 aromatic carbocycles. The minimum absolute atomic E-state index is 0.0523. The molecule has 0 saturated carbocycles. The molecule has 0 saturated heterocycles. The third kappa shape index (κ3) is 1.51. The number of Topliss-reactive ketones (excluding diaryl/α,β-unsaturated/α-hetero) is 2. The zero-order valence-corrected chi connectivity index (χ0v) is 11.1. The van der Waals surface area contributed by atoms with Crippen LogP contribution in [0, 0.1) is 0 Å². The predicted octanol–water partition coefficient (Wildman–Crippen LogP) is 3.34. The van der Waals surface area contributed by atoms with Gasteiger partial charge in [-0.15, -0.1) is 0 Å². The highest BCUT2D eigenvalue weighted by Crippen LogP contribution is 2.35. The molecule has 0 aromatic heterocycles. The summed E-state index contributed by atoms with van der Waals surface area (Å²) < 4.78 is 0. The van der Waals surface area contributed by atoms with Gasteiger partial charge in [-0.2, -0.15) is 0 Å². The molecule has 20 heavy (non-hydrogen) atoms. The van der Waals surface area contributed by atoms with Crippen LogP contribution in [0.1, 0.15) is 49.7 Å². The van der Waals surface area contributed by atoms with Gasteiger partial charge in [-0.3, -0.25) is 9.59 Å². The van der Waals surface area contributed by atoms with Gasteiger partial charge in [-0.1, -0.05) is 42.5 Å². The summed E-state index contributed by atoms with van der Waals surface area (Å²) in [5.74, 6) is -0.731. The van der Waals surface area contributed by atoms with Gasteiger partial charge in [-0.25, -0.2) is 0 Å². The topological polar surface area (TPSA) is 34.1 Å². The normalized spacial score (nSPS) is 17.4. The lowest BCUT2D eigenvalue weighted by Gasteiger charge is -2.09. The van der Waals surface area contributed by atoms with Crippen LogP contribution in [0.2, 0.25) is 0 Å². The Labute approximate surface area is 117 Å². The molecule has 0 atom stereocenters. The second-order valence-corrected chi connectivity index (χ2v) is 5.59. The van der Waals surface area contributed by atoms with E-state index >= 15 is 0 Å². The molecule has 0 N–H and O–H groups in total. The lowest BCUT2D eigenvalue weighted by atomic mass is 9.92. The van der Waals surface area contributed by atoms with Gasteiger partial charge >= 0.3 is 0 Å². The standard InChI is InChI=1S/C18H14O2/c19-17-14-6-1-2-7-15(14)18(20)16(17)13-9-8-11-4-3-5-12(11)10-13/h1-2,6-10,16H,3-5H2. The van der Waals surface area contributed by atoms with Crippen molar-refractivity contribution in [2.45, 2.75) is 25.2 Å². The van der Waals surface area contributed by atoms with E-state index in [1.165, 1.54) is 17.5 Å². The monoisotopic (exact) mass is 262 g/mol. The Kier molecular flexibility index (Phi) is 2.40. The van der Waals surface area contributed by atoms with E-state index in [4.69, 9.17) is 0 Å². The van der Waals surface area contributed by atoms with Crippen LogP contribution in [0.4, 0.5) is 0 Å². The van der Waals surface area contributed by atoms with E-state index in [0.717, 1.165) is 18.4 Å². The van der Waals surface area contributed by atoms with Crippen LogP contribution >= 0.6 is 0 Å². The van der Waals surface area contributed by atoms with Crippen molar-refractivity contribution in [1.29, 1.82) is 0 Å². The second kappa shape index (κ2) is 4.14. The molecule has 0 heterocycles. The maximum absolute atomic E-state index is 12.5. The van der Waals surface area contributed by atoms with Crippen molar-refractivity contribution >= 4 is 11.6 Å². The summed E-state index contributed by atoms with van der Waals surface area (Å²) in [6, 6.07) is 13.2. The maximum atomic E-state index is 12.5. The van der Waals surface area contributed by atoms with Crippen LogP contribution in [0.3, 0.4) is 0 Å². The van der Waals surface area contributed by atoms with Crippen LogP contribution in [0.5, 0.6) is 0 Å². The molecule has 0 bridgehead atoms. The third-order valence-corrected chi connectivity index (χ3v) is 4.44.